The first-order chi connectivity index (χ1) is 10.1. The summed E-state index contributed by atoms with van der Waals surface area (Å²) in [5.74, 6) is -0.392. The first-order valence-corrected chi connectivity index (χ1v) is 7.42. The van der Waals surface area contributed by atoms with Crippen molar-refractivity contribution in [1.82, 2.24) is 0 Å². The Kier molecular flexibility index (Phi) is 7.10. The summed E-state index contributed by atoms with van der Waals surface area (Å²) in [6.45, 7) is 0.535. The molecule has 0 atom stereocenters. The van der Waals surface area contributed by atoms with Crippen molar-refractivity contribution in [2.75, 3.05) is 19.0 Å². The number of hydrogen-bond donors (Lipinski definition) is 2. The van der Waals surface area contributed by atoms with Gasteiger partial charge in [-0.25, -0.2) is 4.39 Å². The van der Waals surface area contributed by atoms with Crippen molar-refractivity contribution >= 4 is 24.0 Å². The zero-order valence-corrected chi connectivity index (χ0v) is 13.7. The van der Waals surface area contributed by atoms with E-state index in [4.69, 9.17) is 10.5 Å². The number of hydrogen-bond acceptors (Lipinski definition) is 3. The smallest absolute Gasteiger partial charge is 0.224 e. The molecule has 1 saturated carbocycles. The molecule has 1 aromatic carbocycles. The Morgan fingerprint density at radius 1 is 1.36 bits per heavy atom. The van der Waals surface area contributed by atoms with E-state index >= 15 is 0 Å². The molecule has 0 aromatic heterocycles. The van der Waals surface area contributed by atoms with E-state index in [1.54, 1.807) is 0 Å². The Bertz CT molecular complexity index is 505. The minimum atomic E-state index is -0.443. The summed E-state index contributed by atoms with van der Waals surface area (Å²) in [5.41, 5.74) is 6.36. The molecule has 4 nitrogen and oxygen atoms in total. The van der Waals surface area contributed by atoms with Crippen molar-refractivity contribution in [3.63, 3.8) is 0 Å². The number of carbonyl (C=O) groups excluding carboxylic acids is 1. The summed E-state index contributed by atoms with van der Waals surface area (Å²) < 4.78 is 18.3. The van der Waals surface area contributed by atoms with Crippen molar-refractivity contribution in [2.24, 2.45) is 11.1 Å². The number of halogens is 2. The van der Waals surface area contributed by atoms with Gasteiger partial charge >= 0.3 is 0 Å². The molecule has 0 radical (unpaired) electrons. The summed E-state index contributed by atoms with van der Waals surface area (Å²) in [4.78, 5) is 12.2. The number of rotatable bonds is 5. The van der Waals surface area contributed by atoms with Gasteiger partial charge in [-0.1, -0.05) is 19.3 Å². The van der Waals surface area contributed by atoms with Gasteiger partial charge < -0.3 is 15.8 Å². The third kappa shape index (κ3) is 4.58. The van der Waals surface area contributed by atoms with Gasteiger partial charge in [-0.15, -0.1) is 12.4 Å². The second kappa shape index (κ2) is 8.34. The van der Waals surface area contributed by atoms with Crippen LogP contribution in [-0.2, 0) is 4.79 Å². The molecule has 1 fully saturated rings. The molecule has 0 unspecified atom stereocenters. The van der Waals surface area contributed by atoms with Crippen LogP contribution in [0.25, 0.3) is 0 Å². The predicted molar refractivity (Wildman–Crippen MR) is 88.0 cm³/mol. The van der Waals surface area contributed by atoms with E-state index in [2.05, 4.69) is 5.32 Å². The predicted octanol–water partition coefficient (Wildman–Crippen LogP) is 3.49. The van der Waals surface area contributed by atoms with E-state index in [0.717, 1.165) is 25.7 Å². The molecule has 2 rings (SSSR count). The fraction of sp³-hybridized carbons (Fsp3) is 0.562. The highest BCUT2D eigenvalue weighted by molar-refractivity contribution is 5.91. The fourth-order valence-corrected chi connectivity index (χ4v) is 3.04. The maximum absolute atomic E-state index is 13.3. The van der Waals surface area contributed by atoms with Crippen molar-refractivity contribution < 1.29 is 13.9 Å². The topological polar surface area (TPSA) is 64.3 Å². The molecule has 0 saturated heterocycles. The van der Waals surface area contributed by atoms with Crippen LogP contribution in [0.4, 0.5) is 10.1 Å². The Labute approximate surface area is 137 Å². The van der Waals surface area contributed by atoms with Gasteiger partial charge in [0.15, 0.2) is 11.6 Å². The van der Waals surface area contributed by atoms with Crippen LogP contribution in [0.2, 0.25) is 0 Å². The number of carbonyl (C=O) groups is 1. The minimum absolute atomic E-state index is 0. The summed E-state index contributed by atoms with van der Waals surface area (Å²) in [6, 6.07) is 4.31. The van der Waals surface area contributed by atoms with Gasteiger partial charge in [-0.2, -0.15) is 0 Å². The summed E-state index contributed by atoms with van der Waals surface area (Å²) in [7, 11) is 1.40. The number of nitrogens with one attached hydrogen (secondary N) is 1. The standard InChI is InChI=1S/C16H23FN2O2.ClH/c1-21-14-9-12(5-6-13(14)17)19-15(20)10-16(11-18)7-3-2-4-8-16;/h5-6,9H,2-4,7-8,10-11,18H2,1H3,(H,19,20);1H. The lowest BCUT2D eigenvalue weighted by Gasteiger charge is -2.35. The van der Waals surface area contributed by atoms with E-state index in [1.165, 1.54) is 31.7 Å². The van der Waals surface area contributed by atoms with Crippen molar-refractivity contribution in [2.45, 2.75) is 38.5 Å². The van der Waals surface area contributed by atoms with E-state index in [9.17, 15) is 9.18 Å². The van der Waals surface area contributed by atoms with E-state index in [-0.39, 0.29) is 29.5 Å². The van der Waals surface area contributed by atoms with Gasteiger partial charge in [-0.3, -0.25) is 4.79 Å². The van der Waals surface area contributed by atoms with Crippen molar-refractivity contribution in [1.29, 1.82) is 0 Å². The quantitative estimate of drug-likeness (QED) is 0.868. The average Bonchev–Trinajstić information content (AvgIpc) is 2.50. The highest BCUT2D eigenvalue weighted by Gasteiger charge is 2.32. The third-order valence-corrected chi connectivity index (χ3v) is 4.32. The monoisotopic (exact) mass is 330 g/mol. The van der Waals surface area contributed by atoms with Gasteiger partial charge in [0, 0.05) is 18.2 Å². The highest BCUT2D eigenvalue weighted by atomic mass is 35.5. The molecule has 0 spiro atoms. The largest absolute Gasteiger partial charge is 0.494 e. The molecular weight excluding hydrogens is 307 g/mol. The zero-order chi connectivity index (χ0) is 15.3. The molecule has 6 heteroatoms. The number of ether oxygens (including phenoxy) is 1. The molecule has 1 aliphatic carbocycles. The molecule has 0 heterocycles. The van der Waals surface area contributed by atoms with Crippen molar-refractivity contribution in [3.05, 3.63) is 24.0 Å². The molecule has 0 aliphatic heterocycles. The van der Waals surface area contributed by atoms with Gasteiger partial charge in [-0.05, 0) is 36.9 Å². The number of amides is 1. The Morgan fingerprint density at radius 2 is 2.05 bits per heavy atom. The molecule has 1 aromatic rings. The average molecular weight is 331 g/mol. The Hall–Kier alpha value is -1.33. The lowest BCUT2D eigenvalue weighted by molar-refractivity contribution is -0.118. The molecule has 22 heavy (non-hydrogen) atoms. The SMILES string of the molecule is COc1cc(NC(=O)CC2(CN)CCCCC2)ccc1F.Cl. The van der Waals surface area contributed by atoms with Crippen LogP contribution in [0.5, 0.6) is 5.75 Å². The van der Waals surface area contributed by atoms with Gasteiger partial charge in [0.05, 0.1) is 7.11 Å². The fourth-order valence-electron chi connectivity index (χ4n) is 3.04. The van der Waals surface area contributed by atoms with Crippen LogP contribution in [0.15, 0.2) is 18.2 Å². The first kappa shape index (κ1) is 18.7. The zero-order valence-electron chi connectivity index (χ0n) is 12.9. The maximum Gasteiger partial charge on any atom is 0.224 e. The second-order valence-electron chi connectivity index (χ2n) is 5.84. The molecule has 1 amide bonds. The molecule has 124 valence electrons. The Balaban J connectivity index is 0.00000242. The maximum atomic E-state index is 13.3. The normalized spacial score (nSPS) is 16.5. The minimum Gasteiger partial charge on any atom is -0.494 e. The van der Waals surface area contributed by atoms with Crippen LogP contribution >= 0.6 is 12.4 Å². The van der Waals surface area contributed by atoms with E-state index < -0.39 is 5.82 Å². The van der Waals surface area contributed by atoms with Gasteiger partial charge in [0.25, 0.3) is 0 Å². The second-order valence-corrected chi connectivity index (χ2v) is 5.84. The van der Waals surface area contributed by atoms with Crippen LogP contribution < -0.4 is 15.8 Å². The summed E-state index contributed by atoms with van der Waals surface area (Å²) in [6.07, 6.45) is 5.92. The lowest BCUT2D eigenvalue weighted by atomic mass is 9.71. The molecular formula is C16H24ClFN2O2. The van der Waals surface area contributed by atoms with Crippen LogP contribution in [0.3, 0.4) is 0 Å². The van der Waals surface area contributed by atoms with E-state index in [1.807, 2.05) is 0 Å². The number of benzene rings is 1. The Morgan fingerprint density at radius 3 is 2.64 bits per heavy atom. The van der Waals surface area contributed by atoms with E-state index in [0.29, 0.717) is 18.7 Å². The third-order valence-electron chi connectivity index (χ3n) is 4.32. The molecule has 1 aliphatic rings. The number of nitrogens with two attached hydrogens (primary N) is 1. The van der Waals surface area contributed by atoms with Crippen molar-refractivity contribution in [3.8, 4) is 5.75 Å². The lowest BCUT2D eigenvalue weighted by Crippen LogP contribution is -2.36. The number of anilines is 1. The molecule has 3 N–H and O–H groups in total. The summed E-state index contributed by atoms with van der Waals surface area (Å²) >= 11 is 0. The highest BCUT2D eigenvalue weighted by Crippen LogP contribution is 2.38. The van der Waals surface area contributed by atoms with Crippen LogP contribution in [0, 0.1) is 11.2 Å². The van der Waals surface area contributed by atoms with Gasteiger partial charge in [0.2, 0.25) is 5.91 Å². The molecule has 0 bridgehead atoms. The first-order valence-electron chi connectivity index (χ1n) is 7.42. The number of methoxy groups -OCH3 is 1. The van der Waals surface area contributed by atoms with Crippen LogP contribution in [-0.4, -0.2) is 19.6 Å². The summed E-state index contributed by atoms with van der Waals surface area (Å²) in [5, 5.41) is 2.81. The van der Waals surface area contributed by atoms with Gasteiger partial charge in [0.1, 0.15) is 0 Å². The van der Waals surface area contributed by atoms with Crippen LogP contribution in [0.1, 0.15) is 38.5 Å².